The quantitative estimate of drug-likeness (QED) is 0.876. The molecule has 0 spiro atoms. The van der Waals surface area contributed by atoms with Crippen molar-refractivity contribution in [3.8, 4) is 0 Å². The highest BCUT2D eigenvalue weighted by molar-refractivity contribution is 6.39. The topological polar surface area (TPSA) is 73.1 Å². The molecule has 0 fully saturated rings. The number of hydrazone groups is 1. The molecule has 2 N–H and O–H groups in total. The predicted molar refractivity (Wildman–Crippen MR) is 69.3 cm³/mol. The van der Waals surface area contributed by atoms with Crippen molar-refractivity contribution in [3.05, 3.63) is 28.2 Å². The summed E-state index contributed by atoms with van der Waals surface area (Å²) in [5, 5.41) is 24.8. The Kier molecular flexibility index (Phi) is 3.23. The molecule has 0 amide bonds. The molecule has 0 saturated heterocycles. The monoisotopic (exact) mass is 288 g/mol. The van der Waals surface area contributed by atoms with Gasteiger partial charge in [0.15, 0.2) is 0 Å². The maximum atomic E-state index is 11.2. The largest absolute Gasteiger partial charge is 0.478 e. The Morgan fingerprint density at radius 2 is 2.00 bits per heavy atom. The van der Waals surface area contributed by atoms with Crippen LogP contribution in [0, 0.1) is 0 Å². The Bertz CT molecular complexity index is 527. The summed E-state index contributed by atoms with van der Waals surface area (Å²) in [4.78, 5) is 11.2. The van der Waals surface area contributed by atoms with Gasteiger partial charge in [-0.05, 0) is 19.1 Å². The van der Waals surface area contributed by atoms with E-state index in [0.717, 1.165) is 5.01 Å². The lowest BCUT2D eigenvalue weighted by Crippen LogP contribution is -2.50. The number of carbonyl (C=O) groups is 1. The van der Waals surface area contributed by atoms with Crippen LogP contribution in [-0.2, 0) is 4.79 Å². The summed E-state index contributed by atoms with van der Waals surface area (Å²) < 4.78 is 0. The first-order chi connectivity index (χ1) is 8.36. The van der Waals surface area contributed by atoms with E-state index in [1.807, 2.05) is 0 Å². The van der Waals surface area contributed by atoms with Gasteiger partial charge in [-0.15, -0.1) is 0 Å². The zero-order chi connectivity index (χ0) is 13.5. The van der Waals surface area contributed by atoms with Crippen LogP contribution in [0.1, 0.15) is 13.3 Å². The van der Waals surface area contributed by atoms with Crippen molar-refractivity contribution in [3.63, 3.8) is 0 Å². The van der Waals surface area contributed by atoms with E-state index in [0.29, 0.717) is 5.71 Å². The van der Waals surface area contributed by atoms with Gasteiger partial charge >= 0.3 is 5.97 Å². The van der Waals surface area contributed by atoms with Crippen LogP contribution in [0.5, 0.6) is 0 Å². The first-order valence-electron chi connectivity index (χ1n) is 5.10. The SMILES string of the molecule is CC1=NN(c2c(Cl)cccc2Cl)C(O)(C(=O)O)C1. The minimum atomic E-state index is -2.15. The second-order valence-corrected chi connectivity index (χ2v) is 4.83. The van der Waals surface area contributed by atoms with Crippen molar-refractivity contribution < 1.29 is 15.0 Å². The van der Waals surface area contributed by atoms with Crippen LogP contribution in [-0.4, -0.2) is 27.6 Å². The van der Waals surface area contributed by atoms with Gasteiger partial charge in [0.25, 0.3) is 5.72 Å². The number of benzene rings is 1. The molecule has 0 saturated carbocycles. The predicted octanol–water partition coefficient (Wildman–Crippen LogP) is 2.35. The lowest BCUT2D eigenvalue weighted by Gasteiger charge is -2.29. The molecule has 1 aromatic rings. The average molecular weight is 289 g/mol. The van der Waals surface area contributed by atoms with Crippen molar-refractivity contribution in [2.45, 2.75) is 19.1 Å². The summed E-state index contributed by atoms with van der Waals surface area (Å²) in [6.07, 6.45) is -0.107. The number of carboxylic acids is 1. The van der Waals surface area contributed by atoms with Gasteiger partial charge in [0.1, 0.15) is 5.69 Å². The van der Waals surface area contributed by atoms with Crippen molar-refractivity contribution in [2.75, 3.05) is 5.01 Å². The van der Waals surface area contributed by atoms with Crippen LogP contribution in [0.2, 0.25) is 10.0 Å². The molecule has 0 bridgehead atoms. The number of para-hydroxylation sites is 1. The maximum absolute atomic E-state index is 11.2. The number of halogens is 2. The smallest absolute Gasteiger partial charge is 0.359 e. The number of aliphatic carboxylic acids is 1. The van der Waals surface area contributed by atoms with Crippen molar-refractivity contribution >= 4 is 40.6 Å². The van der Waals surface area contributed by atoms with E-state index in [1.165, 1.54) is 0 Å². The number of rotatable bonds is 2. The molecule has 2 rings (SSSR count). The van der Waals surface area contributed by atoms with Gasteiger partial charge in [-0.3, -0.25) is 0 Å². The molecule has 96 valence electrons. The Morgan fingerprint density at radius 1 is 1.44 bits per heavy atom. The lowest BCUT2D eigenvalue weighted by molar-refractivity contribution is -0.157. The zero-order valence-electron chi connectivity index (χ0n) is 9.39. The second kappa shape index (κ2) is 4.42. The summed E-state index contributed by atoms with van der Waals surface area (Å²) in [6, 6.07) is 4.73. The van der Waals surface area contributed by atoms with E-state index in [2.05, 4.69) is 5.10 Å². The Labute approximate surface area is 113 Å². The number of carboxylic acid groups (broad SMARTS) is 1. The van der Waals surface area contributed by atoms with Crippen molar-refractivity contribution in [1.82, 2.24) is 0 Å². The molecule has 7 heteroatoms. The van der Waals surface area contributed by atoms with Gasteiger partial charge in [0.2, 0.25) is 0 Å². The molecule has 0 radical (unpaired) electrons. The molecule has 0 aliphatic carbocycles. The van der Waals surface area contributed by atoms with Gasteiger partial charge in [-0.1, -0.05) is 29.3 Å². The van der Waals surface area contributed by atoms with E-state index >= 15 is 0 Å². The zero-order valence-corrected chi connectivity index (χ0v) is 10.9. The van der Waals surface area contributed by atoms with Crippen LogP contribution in [0.4, 0.5) is 5.69 Å². The number of nitrogens with zero attached hydrogens (tertiary/aromatic N) is 2. The molecule has 1 aliphatic rings. The normalized spacial score (nSPS) is 23.1. The number of aliphatic hydroxyl groups is 1. The lowest BCUT2D eigenvalue weighted by atomic mass is 10.1. The summed E-state index contributed by atoms with van der Waals surface area (Å²) in [5.41, 5.74) is -1.49. The highest BCUT2D eigenvalue weighted by atomic mass is 35.5. The third-order valence-corrected chi connectivity index (χ3v) is 3.23. The molecule has 1 aliphatic heterocycles. The van der Waals surface area contributed by atoms with Crippen molar-refractivity contribution in [2.24, 2.45) is 5.10 Å². The maximum Gasteiger partial charge on any atom is 0.359 e. The van der Waals surface area contributed by atoms with Gasteiger partial charge < -0.3 is 10.2 Å². The van der Waals surface area contributed by atoms with Crippen LogP contribution < -0.4 is 5.01 Å². The van der Waals surface area contributed by atoms with Gasteiger partial charge in [-0.25, -0.2) is 9.80 Å². The third-order valence-electron chi connectivity index (χ3n) is 2.62. The summed E-state index contributed by atoms with van der Waals surface area (Å²) in [6.45, 7) is 1.62. The van der Waals surface area contributed by atoms with Crippen LogP contribution in [0.15, 0.2) is 23.3 Å². The molecule has 1 aromatic carbocycles. The first kappa shape index (κ1) is 13.1. The van der Waals surface area contributed by atoms with Crippen LogP contribution >= 0.6 is 23.2 Å². The number of hydrogen-bond donors (Lipinski definition) is 2. The summed E-state index contributed by atoms with van der Waals surface area (Å²) in [7, 11) is 0. The Hall–Kier alpha value is -1.30. The first-order valence-corrected chi connectivity index (χ1v) is 5.86. The van der Waals surface area contributed by atoms with Gasteiger partial charge in [0, 0.05) is 12.1 Å². The molecule has 1 heterocycles. The Balaban J connectivity index is 2.58. The van der Waals surface area contributed by atoms with E-state index in [4.69, 9.17) is 28.3 Å². The highest BCUT2D eigenvalue weighted by Crippen LogP contribution is 2.40. The number of hydrogen-bond acceptors (Lipinski definition) is 4. The van der Waals surface area contributed by atoms with E-state index in [-0.39, 0.29) is 22.2 Å². The second-order valence-electron chi connectivity index (χ2n) is 4.02. The molecule has 1 unspecified atom stereocenters. The van der Waals surface area contributed by atoms with Crippen molar-refractivity contribution in [1.29, 1.82) is 0 Å². The molecule has 0 aromatic heterocycles. The minimum Gasteiger partial charge on any atom is -0.478 e. The number of anilines is 1. The minimum absolute atomic E-state index is 0.107. The molecular formula is C11H10Cl2N2O3. The third kappa shape index (κ3) is 1.94. The summed E-state index contributed by atoms with van der Waals surface area (Å²) in [5.74, 6) is -1.40. The fraction of sp³-hybridized carbons (Fsp3) is 0.273. The fourth-order valence-corrected chi connectivity index (χ4v) is 2.37. The fourth-order valence-electron chi connectivity index (χ4n) is 1.81. The molecule has 18 heavy (non-hydrogen) atoms. The van der Waals surface area contributed by atoms with E-state index in [9.17, 15) is 9.90 Å². The standard InChI is InChI=1S/C11H10Cl2N2O3/c1-6-5-11(18,10(16)17)15(14-6)9-7(12)3-2-4-8(9)13/h2-4,18H,5H2,1H3,(H,16,17). The van der Waals surface area contributed by atoms with Crippen LogP contribution in [0.25, 0.3) is 0 Å². The van der Waals surface area contributed by atoms with E-state index < -0.39 is 11.7 Å². The molecule has 5 nitrogen and oxygen atoms in total. The highest BCUT2D eigenvalue weighted by Gasteiger charge is 2.48. The average Bonchev–Trinajstić information content (AvgIpc) is 2.55. The molecular weight excluding hydrogens is 279 g/mol. The van der Waals surface area contributed by atoms with E-state index in [1.54, 1.807) is 25.1 Å². The Morgan fingerprint density at radius 3 is 2.50 bits per heavy atom. The van der Waals surface area contributed by atoms with Gasteiger partial charge in [-0.2, -0.15) is 5.10 Å². The molecule has 1 atom stereocenters. The summed E-state index contributed by atoms with van der Waals surface area (Å²) >= 11 is 12.0. The van der Waals surface area contributed by atoms with Gasteiger partial charge in [0.05, 0.1) is 10.0 Å². The van der Waals surface area contributed by atoms with Crippen LogP contribution in [0.3, 0.4) is 0 Å².